The fourth-order valence-electron chi connectivity index (χ4n) is 2.17. The number of hydrogen-bond acceptors (Lipinski definition) is 7. The Morgan fingerprint density at radius 1 is 1.07 bits per heavy atom. The molecule has 2 N–H and O–H groups in total. The molecule has 2 aromatic carbocycles. The molecular weight excluding hydrogens is 372 g/mol. The number of hydrogen-bond donors (Lipinski definition) is 2. The SMILES string of the molecule is O=[N+]([O-])c1cc(S(=O)(=O)Nc2ccccc2)ccc1N/N=C\c1ccco1. The molecular formula is C17H14N4O5S. The molecule has 0 amide bonds. The molecule has 3 rings (SSSR count). The maximum Gasteiger partial charge on any atom is 0.295 e. The summed E-state index contributed by atoms with van der Waals surface area (Å²) in [6.07, 6.45) is 2.80. The lowest BCUT2D eigenvalue weighted by atomic mass is 10.3. The molecule has 0 unspecified atom stereocenters. The van der Waals surface area contributed by atoms with Crippen LogP contribution in [0, 0.1) is 10.1 Å². The van der Waals surface area contributed by atoms with Gasteiger partial charge in [0.2, 0.25) is 0 Å². The van der Waals surface area contributed by atoms with E-state index in [2.05, 4.69) is 15.2 Å². The Hall–Kier alpha value is -3.66. The summed E-state index contributed by atoms with van der Waals surface area (Å²) in [5, 5.41) is 15.2. The van der Waals surface area contributed by atoms with Gasteiger partial charge in [-0.05, 0) is 36.4 Å². The second-order valence-corrected chi connectivity index (χ2v) is 6.98. The standard InChI is InChI=1S/C17H14N4O5S/c22-21(23)17-11-15(27(24,25)20-13-5-2-1-3-6-13)8-9-16(17)19-18-12-14-7-4-10-26-14/h1-12,19-20H/b18-12-. The van der Waals surface area contributed by atoms with Crippen molar-refractivity contribution in [2.75, 3.05) is 10.1 Å². The van der Waals surface area contributed by atoms with Crippen LogP contribution in [0.3, 0.4) is 0 Å². The Morgan fingerprint density at radius 2 is 1.85 bits per heavy atom. The highest BCUT2D eigenvalue weighted by atomic mass is 32.2. The van der Waals surface area contributed by atoms with E-state index in [0.29, 0.717) is 11.4 Å². The van der Waals surface area contributed by atoms with Gasteiger partial charge in [0.15, 0.2) is 0 Å². The number of nitro groups is 1. The van der Waals surface area contributed by atoms with Crippen molar-refractivity contribution in [2.24, 2.45) is 5.10 Å². The van der Waals surface area contributed by atoms with Crippen LogP contribution in [0.5, 0.6) is 0 Å². The van der Waals surface area contributed by atoms with Gasteiger partial charge >= 0.3 is 0 Å². The molecule has 0 aliphatic heterocycles. The fraction of sp³-hybridized carbons (Fsp3) is 0. The minimum absolute atomic E-state index is 0.0430. The Bertz CT molecular complexity index is 1060. The predicted octanol–water partition coefficient (Wildman–Crippen LogP) is 3.43. The molecule has 0 bridgehead atoms. The molecule has 0 spiro atoms. The highest BCUT2D eigenvalue weighted by Crippen LogP contribution is 2.28. The third-order valence-electron chi connectivity index (χ3n) is 3.42. The summed E-state index contributed by atoms with van der Waals surface area (Å²) >= 11 is 0. The third-order valence-corrected chi connectivity index (χ3v) is 4.80. The molecule has 0 radical (unpaired) electrons. The molecule has 0 saturated carbocycles. The molecule has 1 heterocycles. The average Bonchev–Trinajstić information content (AvgIpc) is 3.15. The van der Waals surface area contributed by atoms with Crippen LogP contribution in [0.4, 0.5) is 17.1 Å². The van der Waals surface area contributed by atoms with Crippen LogP contribution in [0.15, 0.2) is 81.3 Å². The molecule has 27 heavy (non-hydrogen) atoms. The molecule has 0 saturated heterocycles. The first kappa shape index (κ1) is 18.1. The van der Waals surface area contributed by atoms with Crippen molar-refractivity contribution in [1.82, 2.24) is 0 Å². The zero-order valence-corrected chi connectivity index (χ0v) is 14.6. The lowest BCUT2D eigenvalue weighted by Crippen LogP contribution is -2.13. The Balaban J connectivity index is 1.85. The fourth-order valence-corrected chi connectivity index (χ4v) is 3.25. The van der Waals surface area contributed by atoms with Crippen molar-refractivity contribution >= 4 is 33.3 Å². The molecule has 0 aliphatic carbocycles. The number of nitrogens with one attached hydrogen (secondary N) is 2. The topological polar surface area (TPSA) is 127 Å². The number of para-hydroxylation sites is 1. The van der Waals surface area contributed by atoms with Crippen LogP contribution >= 0.6 is 0 Å². The summed E-state index contributed by atoms with van der Waals surface area (Å²) < 4.78 is 32.3. The first-order valence-electron chi connectivity index (χ1n) is 7.64. The van der Waals surface area contributed by atoms with E-state index < -0.39 is 20.6 Å². The van der Waals surface area contributed by atoms with Crippen molar-refractivity contribution < 1.29 is 17.8 Å². The van der Waals surface area contributed by atoms with Crippen molar-refractivity contribution in [3.8, 4) is 0 Å². The van der Waals surface area contributed by atoms with Gasteiger partial charge in [0.1, 0.15) is 11.4 Å². The predicted molar refractivity (Wildman–Crippen MR) is 100 cm³/mol. The van der Waals surface area contributed by atoms with E-state index in [0.717, 1.165) is 6.07 Å². The van der Waals surface area contributed by atoms with Gasteiger partial charge in [-0.3, -0.25) is 20.3 Å². The summed E-state index contributed by atoms with van der Waals surface area (Å²) in [6, 6.07) is 15.1. The van der Waals surface area contributed by atoms with E-state index in [1.54, 1.807) is 42.5 Å². The molecule has 1 aromatic heterocycles. The summed E-state index contributed by atoms with van der Waals surface area (Å²) in [7, 11) is -3.98. The van der Waals surface area contributed by atoms with Gasteiger partial charge in [0, 0.05) is 11.8 Å². The van der Waals surface area contributed by atoms with Gasteiger partial charge in [-0.2, -0.15) is 5.10 Å². The normalized spacial score (nSPS) is 11.4. The van der Waals surface area contributed by atoms with E-state index in [1.807, 2.05) is 0 Å². The highest BCUT2D eigenvalue weighted by molar-refractivity contribution is 7.92. The lowest BCUT2D eigenvalue weighted by Gasteiger charge is -2.09. The molecule has 138 valence electrons. The summed E-state index contributed by atoms with van der Waals surface area (Å²) in [4.78, 5) is 10.4. The number of nitro benzene ring substituents is 1. The number of sulfonamides is 1. The van der Waals surface area contributed by atoms with Gasteiger partial charge in [0.05, 0.1) is 22.3 Å². The van der Waals surface area contributed by atoms with Crippen molar-refractivity contribution in [2.45, 2.75) is 4.90 Å². The minimum atomic E-state index is -3.98. The maximum absolute atomic E-state index is 12.5. The average molecular weight is 386 g/mol. The van der Waals surface area contributed by atoms with Crippen LogP contribution in [0.25, 0.3) is 0 Å². The van der Waals surface area contributed by atoms with E-state index in [9.17, 15) is 18.5 Å². The van der Waals surface area contributed by atoms with E-state index in [4.69, 9.17) is 4.42 Å². The number of hydrazone groups is 1. The highest BCUT2D eigenvalue weighted by Gasteiger charge is 2.21. The number of benzene rings is 2. The quantitative estimate of drug-likeness (QED) is 0.364. The zero-order chi connectivity index (χ0) is 19.3. The van der Waals surface area contributed by atoms with Gasteiger partial charge in [-0.25, -0.2) is 8.42 Å². The van der Waals surface area contributed by atoms with Crippen LogP contribution in [0.1, 0.15) is 5.76 Å². The Labute approximate surface area is 154 Å². The molecule has 10 heteroatoms. The Kier molecular flexibility index (Phi) is 5.18. The largest absolute Gasteiger partial charge is 0.463 e. The number of rotatable bonds is 7. The van der Waals surface area contributed by atoms with Crippen LogP contribution < -0.4 is 10.1 Å². The van der Waals surface area contributed by atoms with Crippen molar-refractivity contribution in [1.29, 1.82) is 0 Å². The van der Waals surface area contributed by atoms with E-state index in [-0.39, 0.29) is 10.6 Å². The zero-order valence-electron chi connectivity index (χ0n) is 13.8. The van der Waals surface area contributed by atoms with Crippen molar-refractivity contribution in [3.05, 3.63) is 82.8 Å². The second kappa shape index (κ2) is 7.70. The minimum Gasteiger partial charge on any atom is -0.463 e. The molecule has 3 aromatic rings. The van der Waals surface area contributed by atoms with Crippen LogP contribution in [0.2, 0.25) is 0 Å². The number of anilines is 2. The molecule has 0 aliphatic rings. The van der Waals surface area contributed by atoms with Gasteiger partial charge in [-0.1, -0.05) is 18.2 Å². The molecule has 9 nitrogen and oxygen atoms in total. The molecule has 0 fully saturated rings. The van der Waals surface area contributed by atoms with E-state index >= 15 is 0 Å². The summed E-state index contributed by atoms with van der Waals surface area (Å²) in [6.45, 7) is 0. The summed E-state index contributed by atoms with van der Waals surface area (Å²) in [5.41, 5.74) is 2.48. The lowest BCUT2D eigenvalue weighted by molar-refractivity contribution is -0.384. The van der Waals surface area contributed by atoms with Crippen molar-refractivity contribution in [3.63, 3.8) is 0 Å². The van der Waals surface area contributed by atoms with Gasteiger partial charge in [-0.15, -0.1) is 0 Å². The first-order chi connectivity index (χ1) is 13.0. The van der Waals surface area contributed by atoms with E-state index in [1.165, 1.54) is 24.6 Å². The number of furan rings is 1. The smallest absolute Gasteiger partial charge is 0.295 e. The first-order valence-corrected chi connectivity index (χ1v) is 9.13. The second-order valence-electron chi connectivity index (χ2n) is 5.29. The summed E-state index contributed by atoms with van der Waals surface area (Å²) in [5.74, 6) is 0.455. The Morgan fingerprint density at radius 3 is 2.52 bits per heavy atom. The third kappa shape index (κ3) is 4.50. The number of nitrogens with zero attached hydrogens (tertiary/aromatic N) is 2. The van der Waals surface area contributed by atoms with Gasteiger partial charge < -0.3 is 4.42 Å². The molecule has 0 atom stereocenters. The van der Waals surface area contributed by atoms with Crippen LogP contribution in [-0.2, 0) is 10.0 Å². The van der Waals surface area contributed by atoms with Gasteiger partial charge in [0.25, 0.3) is 15.7 Å². The van der Waals surface area contributed by atoms with Crippen LogP contribution in [-0.4, -0.2) is 19.6 Å². The monoisotopic (exact) mass is 386 g/mol. The maximum atomic E-state index is 12.5.